The molecular weight excluding hydrogens is 318 g/mol. The summed E-state index contributed by atoms with van der Waals surface area (Å²) in [6.07, 6.45) is 0. The van der Waals surface area contributed by atoms with Gasteiger partial charge in [0.05, 0.1) is 5.39 Å². The summed E-state index contributed by atoms with van der Waals surface area (Å²) in [5, 5.41) is 9.96. The molecule has 1 heterocycles. The number of amides is 1. The fraction of sp³-hybridized carbons (Fsp3) is 0.125. The molecule has 0 fully saturated rings. The summed E-state index contributed by atoms with van der Waals surface area (Å²) in [4.78, 5) is 24.3. The van der Waals surface area contributed by atoms with Crippen LogP contribution in [0.2, 0.25) is 0 Å². The fourth-order valence-electron chi connectivity index (χ4n) is 2.22. The molecule has 0 bridgehead atoms. The summed E-state index contributed by atoms with van der Waals surface area (Å²) in [7, 11) is 0. The average molecular weight is 330 g/mol. The molecule has 0 aliphatic heterocycles. The first-order chi connectivity index (χ1) is 11.5. The summed E-state index contributed by atoms with van der Waals surface area (Å²) >= 11 is 0. The van der Waals surface area contributed by atoms with Crippen LogP contribution in [-0.2, 0) is 11.3 Å². The molecule has 0 aliphatic carbocycles. The Morgan fingerprint density at radius 1 is 1.21 bits per heavy atom. The van der Waals surface area contributed by atoms with Crippen molar-refractivity contribution in [3.63, 3.8) is 0 Å². The number of benzene rings is 2. The van der Waals surface area contributed by atoms with E-state index in [1.807, 2.05) is 6.92 Å². The maximum absolute atomic E-state index is 13.5. The van der Waals surface area contributed by atoms with Crippen LogP contribution in [0, 0.1) is 18.6 Å². The van der Waals surface area contributed by atoms with Gasteiger partial charge in [0.2, 0.25) is 5.91 Å². The molecule has 1 aromatic heterocycles. The van der Waals surface area contributed by atoms with Gasteiger partial charge in [-0.3, -0.25) is 9.59 Å². The van der Waals surface area contributed by atoms with Gasteiger partial charge in [0.15, 0.2) is 0 Å². The number of nitrogens with zero attached hydrogens (tertiary/aromatic N) is 3. The minimum atomic E-state index is -0.907. The molecule has 0 spiro atoms. The summed E-state index contributed by atoms with van der Waals surface area (Å²) in [6.45, 7) is 1.34. The van der Waals surface area contributed by atoms with E-state index in [2.05, 4.69) is 15.6 Å². The van der Waals surface area contributed by atoms with Crippen LogP contribution in [-0.4, -0.2) is 20.9 Å². The van der Waals surface area contributed by atoms with Crippen molar-refractivity contribution >= 4 is 22.5 Å². The largest absolute Gasteiger partial charge is 0.320 e. The Labute approximate surface area is 134 Å². The van der Waals surface area contributed by atoms with Gasteiger partial charge in [-0.05, 0) is 36.8 Å². The number of halogens is 2. The van der Waals surface area contributed by atoms with Gasteiger partial charge >= 0.3 is 0 Å². The van der Waals surface area contributed by atoms with Crippen molar-refractivity contribution in [1.29, 1.82) is 0 Å². The zero-order chi connectivity index (χ0) is 17.3. The number of nitrogens with one attached hydrogen (secondary N) is 1. The van der Waals surface area contributed by atoms with E-state index in [0.717, 1.165) is 22.4 Å². The highest BCUT2D eigenvalue weighted by molar-refractivity contribution is 5.91. The number of aromatic nitrogens is 3. The monoisotopic (exact) mass is 330 g/mol. The second-order valence-corrected chi connectivity index (χ2v) is 5.22. The van der Waals surface area contributed by atoms with E-state index in [-0.39, 0.29) is 0 Å². The SMILES string of the molecule is Cc1ccc2c(=O)n(CC(=O)Nc3c(F)cccc3F)nnc2c1. The second-order valence-electron chi connectivity index (χ2n) is 5.22. The maximum Gasteiger partial charge on any atom is 0.278 e. The standard InChI is InChI=1S/C16H12F2N4O2/c1-9-5-6-10-13(7-9)20-21-22(16(10)24)8-14(23)19-15-11(17)3-2-4-12(15)18/h2-7H,8H2,1H3,(H,19,23). The van der Waals surface area contributed by atoms with Gasteiger partial charge in [0, 0.05) is 0 Å². The van der Waals surface area contributed by atoms with Crippen molar-refractivity contribution in [3.8, 4) is 0 Å². The molecule has 0 saturated heterocycles. The molecule has 0 saturated carbocycles. The number of fused-ring (bicyclic) bond motifs is 1. The van der Waals surface area contributed by atoms with Crippen LogP contribution < -0.4 is 10.9 Å². The molecule has 24 heavy (non-hydrogen) atoms. The van der Waals surface area contributed by atoms with Gasteiger partial charge in [-0.1, -0.05) is 17.3 Å². The maximum atomic E-state index is 13.5. The predicted octanol–water partition coefficient (Wildman–Crippen LogP) is 2.02. The van der Waals surface area contributed by atoms with E-state index in [0.29, 0.717) is 10.9 Å². The number of carbonyl (C=O) groups is 1. The van der Waals surface area contributed by atoms with Crippen LogP contribution >= 0.6 is 0 Å². The van der Waals surface area contributed by atoms with Crippen LogP contribution in [0.5, 0.6) is 0 Å². The first kappa shape index (κ1) is 15.7. The normalized spacial score (nSPS) is 10.8. The minimum Gasteiger partial charge on any atom is -0.320 e. The fourth-order valence-corrected chi connectivity index (χ4v) is 2.22. The highest BCUT2D eigenvalue weighted by Gasteiger charge is 2.14. The quantitative estimate of drug-likeness (QED) is 0.797. The van der Waals surface area contributed by atoms with E-state index in [4.69, 9.17) is 0 Å². The Morgan fingerprint density at radius 2 is 1.92 bits per heavy atom. The minimum absolute atomic E-state index is 0.306. The highest BCUT2D eigenvalue weighted by atomic mass is 19.1. The molecule has 8 heteroatoms. The Balaban J connectivity index is 1.87. The first-order valence-corrected chi connectivity index (χ1v) is 7.04. The van der Waals surface area contributed by atoms with Crippen molar-refractivity contribution in [2.45, 2.75) is 13.5 Å². The van der Waals surface area contributed by atoms with Crippen LogP contribution in [0.25, 0.3) is 10.9 Å². The Hall–Kier alpha value is -3.16. The van der Waals surface area contributed by atoms with E-state index in [1.54, 1.807) is 18.2 Å². The smallest absolute Gasteiger partial charge is 0.278 e. The summed E-state index contributed by atoms with van der Waals surface area (Å²) < 4.78 is 27.9. The number of hydrogen-bond donors (Lipinski definition) is 1. The summed E-state index contributed by atoms with van der Waals surface area (Å²) in [5.41, 5.74) is 0.252. The van der Waals surface area contributed by atoms with Gasteiger partial charge in [-0.25, -0.2) is 13.5 Å². The topological polar surface area (TPSA) is 76.9 Å². The van der Waals surface area contributed by atoms with Crippen molar-refractivity contribution in [2.24, 2.45) is 0 Å². The third-order valence-corrected chi connectivity index (χ3v) is 3.40. The Kier molecular flexibility index (Phi) is 4.03. The number of aryl methyl sites for hydroxylation is 1. The lowest BCUT2D eigenvalue weighted by molar-refractivity contribution is -0.117. The first-order valence-electron chi connectivity index (χ1n) is 7.04. The number of hydrogen-bond acceptors (Lipinski definition) is 4. The molecule has 0 atom stereocenters. The van der Waals surface area contributed by atoms with Gasteiger partial charge in [-0.2, -0.15) is 0 Å². The van der Waals surface area contributed by atoms with Gasteiger partial charge < -0.3 is 5.32 Å². The zero-order valence-electron chi connectivity index (χ0n) is 12.6. The van der Waals surface area contributed by atoms with Crippen molar-refractivity contribution in [3.05, 3.63) is 63.9 Å². The second kappa shape index (κ2) is 6.15. The molecule has 0 aliphatic rings. The lowest BCUT2D eigenvalue weighted by atomic mass is 10.2. The summed E-state index contributed by atoms with van der Waals surface area (Å²) in [6, 6.07) is 8.24. The number of para-hydroxylation sites is 1. The zero-order valence-corrected chi connectivity index (χ0v) is 12.6. The van der Waals surface area contributed by atoms with Crippen molar-refractivity contribution < 1.29 is 13.6 Å². The predicted molar refractivity (Wildman–Crippen MR) is 83.5 cm³/mol. The van der Waals surface area contributed by atoms with E-state index < -0.39 is 35.3 Å². The third-order valence-electron chi connectivity index (χ3n) is 3.40. The van der Waals surface area contributed by atoms with Gasteiger partial charge in [0.25, 0.3) is 5.56 Å². The van der Waals surface area contributed by atoms with E-state index in [1.165, 1.54) is 6.07 Å². The van der Waals surface area contributed by atoms with Crippen LogP contribution in [0.1, 0.15) is 5.56 Å². The molecular formula is C16H12F2N4O2. The molecule has 3 rings (SSSR count). The molecule has 0 unspecified atom stereocenters. The van der Waals surface area contributed by atoms with E-state index in [9.17, 15) is 18.4 Å². The molecule has 1 amide bonds. The molecule has 6 nitrogen and oxygen atoms in total. The Morgan fingerprint density at radius 3 is 2.62 bits per heavy atom. The molecule has 0 radical (unpaired) electrons. The van der Waals surface area contributed by atoms with Crippen molar-refractivity contribution in [2.75, 3.05) is 5.32 Å². The average Bonchev–Trinajstić information content (AvgIpc) is 2.54. The van der Waals surface area contributed by atoms with Crippen molar-refractivity contribution in [1.82, 2.24) is 15.0 Å². The molecule has 122 valence electrons. The molecule has 2 aromatic carbocycles. The number of anilines is 1. The number of carbonyl (C=O) groups excluding carboxylic acids is 1. The van der Waals surface area contributed by atoms with Crippen LogP contribution in [0.4, 0.5) is 14.5 Å². The van der Waals surface area contributed by atoms with Crippen LogP contribution in [0.3, 0.4) is 0 Å². The molecule has 3 aromatic rings. The lowest BCUT2D eigenvalue weighted by Gasteiger charge is -2.08. The van der Waals surface area contributed by atoms with E-state index >= 15 is 0 Å². The molecule has 1 N–H and O–H groups in total. The van der Waals surface area contributed by atoms with Crippen LogP contribution in [0.15, 0.2) is 41.2 Å². The third kappa shape index (κ3) is 2.98. The van der Waals surface area contributed by atoms with Gasteiger partial charge in [-0.15, -0.1) is 5.10 Å². The highest BCUT2D eigenvalue weighted by Crippen LogP contribution is 2.17. The van der Waals surface area contributed by atoms with Gasteiger partial charge in [0.1, 0.15) is 29.4 Å². The Bertz CT molecular complexity index is 981. The number of rotatable bonds is 3. The lowest BCUT2D eigenvalue weighted by Crippen LogP contribution is -2.30. The summed E-state index contributed by atoms with van der Waals surface area (Å²) in [5.74, 6) is -2.60.